The van der Waals surface area contributed by atoms with E-state index in [4.69, 9.17) is 4.74 Å². The van der Waals surface area contributed by atoms with E-state index in [-0.39, 0.29) is 18.9 Å². The van der Waals surface area contributed by atoms with Crippen molar-refractivity contribution in [3.8, 4) is 11.1 Å². The third-order valence-corrected chi connectivity index (χ3v) is 5.02. The molecule has 0 heterocycles. The van der Waals surface area contributed by atoms with Crippen LogP contribution >= 0.6 is 0 Å². The largest absolute Gasteiger partial charge is 0.481 e. The number of carboxylic acid groups (broad SMARTS) is 2. The summed E-state index contributed by atoms with van der Waals surface area (Å²) < 4.78 is 5.30. The summed E-state index contributed by atoms with van der Waals surface area (Å²) in [4.78, 5) is 35.1. The van der Waals surface area contributed by atoms with Gasteiger partial charge in [0.15, 0.2) is 0 Å². The zero-order valence-electron chi connectivity index (χ0n) is 15.6. The summed E-state index contributed by atoms with van der Waals surface area (Å²) in [7, 11) is 0. The van der Waals surface area contributed by atoms with Crippen LogP contribution in [0.3, 0.4) is 0 Å². The van der Waals surface area contributed by atoms with E-state index in [0.717, 1.165) is 22.3 Å². The van der Waals surface area contributed by atoms with Gasteiger partial charge in [-0.2, -0.15) is 0 Å². The quantitative estimate of drug-likeness (QED) is 0.592. The molecule has 0 spiro atoms. The Labute approximate surface area is 167 Å². The maximum absolute atomic E-state index is 12.3. The Bertz CT molecular complexity index is 908. The number of rotatable bonds is 8. The Balaban J connectivity index is 1.73. The lowest BCUT2D eigenvalue weighted by Crippen LogP contribution is -2.48. The normalized spacial score (nSPS) is 14.2. The van der Waals surface area contributed by atoms with E-state index in [1.165, 1.54) is 6.08 Å². The Morgan fingerprint density at radius 1 is 1.00 bits per heavy atom. The molecule has 0 saturated carbocycles. The molecule has 150 valence electrons. The molecule has 29 heavy (non-hydrogen) atoms. The van der Waals surface area contributed by atoms with E-state index < -0.39 is 30.0 Å². The topological polar surface area (TPSA) is 113 Å². The van der Waals surface area contributed by atoms with Gasteiger partial charge >= 0.3 is 18.0 Å². The van der Waals surface area contributed by atoms with Gasteiger partial charge in [-0.05, 0) is 28.7 Å². The second-order valence-corrected chi connectivity index (χ2v) is 6.75. The molecule has 0 bridgehead atoms. The molecule has 3 rings (SSSR count). The average Bonchev–Trinajstić information content (AvgIpc) is 3.02. The fourth-order valence-electron chi connectivity index (χ4n) is 3.66. The number of benzene rings is 2. The van der Waals surface area contributed by atoms with Crippen molar-refractivity contribution in [1.29, 1.82) is 0 Å². The van der Waals surface area contributed by atoms with Crippen LogP contribution in [0.1, 0.15) is 23.5 Å². The lowest BCUT2D eigenvalue weighted by molar-refractivity contribution is -0.150. The number of carbonyl (C=O) groups excluding carboxylic acids is 1. The summed E-state index contributed by atoms with van der Waals surface area (Å²) in [6, 6.07) is 14.0. The van der Waals surface area contributed by atoms with Crippen LogP contribution in [0.25, 0.3) is 11.1 Å². The monoisotopic (exact) mass is 395 g/mol. The maximum atomic E-state index is 12.3. The van der Waals surface area contributed by atoms with Gasteiger partial charge in [-0.15, -0.1) is 6.58 Å². The highest BCUT2D eigenvalue weighted by atomic mass is 16.5. The van der Waals surface area contributed by atoms with Crippen molar-refractivity contribution in [3.05, 3.63) is 72.3 Å². The summed E-state index contributed by atoms with van der Waals surface area (Å²) in [5.41, 5.74) is 4.17. The van der Waals surface area contributed by atoms with Crippen LogP contribution in [-0.4, -0.2) is 40.9 Å². The van der Waals surface area contributed by atoms with Crippen LogP contribution in [-0.2, 0) is 14.3 Å². The second-order valence-electron chi connectivity index (χ2n) is 6.75. The van der Waals surface area contributed by atoms with Gasteiger partial charge in [-0.3, -0.25) is 4.79 Å². The number of alkyl carbamates (subject to hydrolysis) is 1. The van der Waals surface area contributed by atoms with Gasteiger partial charge in [0.1, 0.15) is 12.6 Å². The smallest absolute Gasteiger partial charge is 0.407 e. The number of aliphatic carboxylic acids is 2. The summed E-state index contributed by atoms with van der Waals surface area (Å²) in [6.07, 6.45) is 0.221. The van der Waals surface area contributed by atoms with Crippen LogP contribution in [0.5, 0.6) is 0 Å². The van der Waals surface area contributed by atoms with E-state index >= 15 is 0 Å². The van der Waals surface area contributed by atoms with Crippen LogP contribution in [0.2, 0.25) is 0 Å². The molecular formula is C22H21NO6. The van der Waals surface area contributed by atoms with E-state index in [0.29, 0.717) is 0 Å². The number of ether oxygens (including phenoxy) is 1. The van der Waals surface area contributed by atoms with E-state index in [1.807, 2.05) is 48.5 Å². The molecule has 2 aromatic rings. The molecule has 0 aliphatic heterocycles. The van der Waals surface area contributed by atoms with Gasteiger partial charge in [0.2, 0.25) is 0 Å². The summed E-state index contributed by atoms with van der Waals surface area (Å²) in [5.74, 6) is -4.31. The number of nitrogens with one attached hydrogen (secondary N) is 1. The first-order valence-electron chi connectivity index (χ1n) is 9.12. The van der Waals surface area contributed by atoms with Gasteiger partial charge < -0.3 is 20.3 Å². The first-order chi connectivity index (χ1) is 13.9. The van der Waals surface area contributed by atoms with Crippen molar-refractivity contribution in [2.24, 2.45) is 5.92 Å². The highest BCUT2D eigenvalue weighted by molar-refractivity contribution is 5.86. The molecule has 0 aromatic heterocycles. The number of carboxylic acids is 2. The molecule has 0 saturated heterocycles. The van der Waals surface area contributed by atoms with E-state index in [9.17, 15) is 24.6 Å². The third kappa shape index (κ3) is 4.13. The molecule has 1 unspecified atom stereocenters. The van der Waals surface area contributed by atoms with Crippen molar-refractivity contribution in [2.75, 3.05) is 6.61 Å². The molecule has 2 atom stereocenters. The molecule has 1 amide bonds. The van der Waals surface area contributed by atoms with Gasteiger partial charge in [0.05, 0.1) is 5.92 Å². The molecule has 1 aliphatic carbocycles. The van der Waals surface area contributed by atoms with Crippen LogP contribution in [0.4, 0.5) is 4.79 Å². The van der Waals surface area contributed by atoms with Crippen LogP contribution in [0.15, 0.2) is 61.2 Å². The fourth-order valence-corrected chi connectivity index (χ4v) is 3.66. The summed E-state index contributed by atoms with van der Waals surface area (Å²) >= 11 is 0. The Morgan fingerprint density at radius 3 is 2.03 bits per heavy atom. The van der Waals surface area contributed by atoms with Crippen molar-refractivity contribution in [3.63, 3.8) is 0 Å². The minimum Gasteiger partial charge on any atom is -0.481 e. The maximum Gasteiger partial charge on any atom is 0.407 e. The summed E-state index contributed by atoms with van der Waals surface area (Å²) in [5, 5.41) is 20.8. The lowest BCUT2D eigenvalue weighted by atomic mass is 9.96. The van der Waals surface area contributed by atoms with Crippen molar-refractivity contribution in [1.82, 2.24) is 5.32 Å². The molecule has 2 aromatic carbocycles. The second kappa shape index (κ2) is 8.60. The molecular weight excluding hydrogens is 374 g/mol. The van der Waals surface area contributed by atoms with Crippen molar-refractivity contribution in [2.45, 2.75) is 18.4 Å². The molecule has 1 aliphatic rings. The standard InChI is InChI=1S/C22H21NO6/c1-2-7-17(20(24)25)19(21(26)27)23-22(28)29-12-18-15-10-5-3-8-13(15)14-9-4-6-11-16(14)18/h2-6,8-11,17-19H,1,7,12H2,(H,23,28)(H,24,25)(H,26,27)/t17?,19-/m0/s1. The number of carbonyl (C=O) groups is 3. The zero-order chi connectivity index (χ0) is 21.0. The van der Waals surface area contributed by atoms with Crippen LogP contribution in [0, 0.1) is 5.92 Å². The Hall–Kier alpha value is -3.61. The first-order valence-corrected chi connectivity index (χ1v) is 9.12. The molecule has 7 heteroatoms. The van der Waals surface area contributed by atoms with Crippen molar-refractivity contribution >= 4 is 18.0 Å². The number of hydrogen-bond donors (Lipinski definition) is 3. The number of amides is 1. The van der Waals surface area contributed by atoms with Crippen LogP contribution < -0.4 is 5.32 Å². The van der Waals surface area contributed by atoms with Gasteiger partial charge in [0, 0.05) is 5.92 Å². The SMILES string of the molecule is C=CCC(C(=O)O)[C@H](NC(=O)OCC1c2ccccc2-c2ccccc21)C(=O)O. The van der Waals surface area contributed by atoms with Crippen molar-refractivity contribution < 1.29 is 29.3 Å². The minimum absolute atomic E-state index is 0.00535. The molecule has 0 fully saturated rings. The highest BCUT2D eigenvalue weighted by Gasteiger charge is 2.35. The average molecular weight is 395 g/mol. The molecule has 0 radical (unpaired) electrons. The Morgan fingerprint density at radius 2 is 1.55 bits per heavy atom. The van der Waals surface area contributed by atoms with E-state index in [1.54, 1.807) is 0 Å². The lowest BCUT2D eigenvalue weighted by Gasteiger charge is -2.21. The van der Waals surface area contributed by atoms with E-state index in [2.05, 4.69) is 11.9 Å². The Kier molecular flexibility index (Phi) is 5.97. The zero-order valence-corrected chi connectivity index (χ0v) is 15.6. The predicted molar refractivity (Wildman–Crippen MR) is 106 cm³/mol. The molecule has 7 nitrogen and oxygen atoms in total. The van der Waals surface area contributed by atoms with Gasteiger partial charge in [-0.25, -0.2) is 9.59 Å². The third-order valence-electron chi connectivity index (χ3n) is 5.02. The highest BCUT2D eigenvalue weighted by Crippen LogP contribution is 2.44. The fraction of sp³-hybridized carbons (Fsp3) is 0.227. The molecule has 3 N–H and O–H groups in total. The number of allylic oxidation sites excluding steroid dienone is 1. The van der Waals surface area contributed by atoms with Gasteiger partial charge in [-0.1, -0.05) is 54.6 Å². The van der Waals surface area contributed by atoms with Gasteiger partial charge in [0.25, 0.3) is 0 Å². The first kappa shape index (κ1) is 20.1. The summed E-state index contributed by atoms with van der Waals surface area (Å²) in [6.45, 7) is 3.44. The predicted octanol–water partition coefficient (Wildman–Crippen LogP) is 3.26. The minimum atomic E-state index is -1.62. The number of fused-ring (bicyclic) bond motifs is 3. The number of hydrogen-bond acceptors (Lipinski definition) is 4.